The summed E-state index contributed by atoms with van der Waals surface area (Å²) in [6, 6.07) is 4.32. The summed E-state index contributed by atoms with van der Waals surface area (Å²) in [7, 11) is 1.04. The molecule has 0 fully saturated rings. The highest BCUT2D eigenvalue weighted by molar-refractivity contribution is 6.67. The quantitative estimate of drug-likeness (QED) is 0.578. The Kier molecular flexibility index (Phi) is 3.65. The van der Waals surface area contributed by atoms with E-state index in [1.807, 2.05) is 0 Å². The molecule has 97 valence electrons. The SMILES string of the molecule is Cc1cc([B]c2c(F)ccc(C)c2F)c(F)cc1F. The fourth-order valence-electron chi connectivity index (χ4n) is 1.76. The third-order valence-electron chi connectivity index (χ3n) is 2.90. The Bertz CT molecular complexity index is 638. The highest BCUT2D eigenvalue weighted by Crippen LogP contribution is 2.08. The minimum Gasteiger partial charge on any atom is -0.208 e. The van der Waals surface area contributed by atoms with Gasteiger partial charge in [0.25, 0.3) is 0 Å². The van der Waals surface area contributed by atoms with Crippen molar-refractivity contribution in [2.45, 2.75) is 13.8 Å². The Morgan fingerprint density at radius 2 is 1.47 bits per heavy atom. The zero-order valence-corrected chi connectivity index (χ0v) is 10.4. The number of halogens is 4. The summed E-state index contributed by atoms with van der Waals surface area (Å²) in [6.45, 7) is 2.94. The average molecular weight is 265 g/mol. The van der Waals surface area contributed by atoms with Crippen LogP contribution in [0.3, 0.4) is 0 Å². The molecular weight excluding hydrogens is 255 g/mol. The summed E-state index contributed by atoms with van der Waals surface area (Å²) >= 11 is 0. The second kappa shape index (κ2) is 5.07. The van der Waals surface area contributed by atoms with Gasteiger partial charge in [0, 0.05) is 6.07 Å². The molecule has 0 nitrogen and oxygen atoms in total. The summed E-state index contributed by atoms with van der Waals surface area (Å²) in [4.78, 5) is 0. The van der Waals surface area contributed by atoms with Crippen LogP contribution >= 0.6 is 0 Å². The molecule has 2 rings (SSSR count). The number of aryl methyl sites for hydroxylation is 2. The first kappa shape index (κ1) is 13.7. The predicted octanol–water partition coefficient (Wildman–Crippen LogP) is 2.51. The van der Waals surface area contributed by atoms with Gasteiger partial charge in [-0.3, -0.25) is 0 Å². The third kappa shape index (κ3) is 2.65. The lowest BCUT2D eigenvalue weighted by Gasteiger charge is -2.08. The summed E-state index contributed by atoms with van der Waals surface area (Å²) in [5, 5.41) is 0. The van der Waals surface area contributed by atoms with Gasteiger partial charge < -0.3 is 0 Å². The summed E-state index contributed by atoms with van der Waals surface area (Å²) < 4.78 is 54.0. The van der Waals surface area contributed by atoms with Gasteiger partial charge in [-0.25, -0.2) is 17.6 Å². The van der Waals surface area contributed by atoms with E-state index in [0.717, 1.165) is 13.3 Å². The number of rotatable bonds is 2. The van der Waals surface area contributed by atoms with Crippen LogP contribution < -0.4 is 10.9 Å². The van der Waals surface area contributed by atoms with Gasteiger partial charge in [0.05, 0.1) is 0 Å². The third-order valence-corrected chi connectivity index (χ3v) is 2.90. The first-order chi connectivity index (χ1) is 8.90. The molecule has 0 aliphatic rings. The summed E-state index contributed by atoms with van der Waals surface area (Å²) in [5.74, 6) is -3.09. The molecule has 0 N–H and O–H groups in total. The van der Waals surface area contributed by atoms with Crippen LogP contribution in [0.25, 0.3) is 0 Å². The highest BCUT2D eigenvalue weighted by atomic mass is 19.1. The molecule has 0 aromatic heterocycles. The van der Waals surface area contributed by atoms with Gasteiger partial charge in [-0.2, -0.15) is 0 Å². The Balaban J connectivity index is 2.48. The van der Waals surface area contributed by atoms with Crippen molar-refractivity contribution < 1.29 is 17.6 Å². The van der Waals surface area contributed by atoms with Crippen LogP contribution in [-0.2, 0) is 0 Å². The molecule has 0 aliphatic heterocycles. The van der Waals surface area contributed by atoms with Gasteiger partial charge in [0.1, 0.15) is 23.3 Å². The minimum absolute atomic E-state index is 0.0534. The molecule has 0 amide bonds. The van der Waals surface area contributed by atoms with E-state index in [4.69, 9.17) is 0 Å². The van der Waals surface area contributed by atoms with Crippen molar-refractivity contribution in [3.05, 3.63) is 58.7 Å². The maximum Gasteiger partial charge on any atom is 0.203 e. The fraction of sp³-hybridized carbons (Fsp3) is 0.143. The van der Waals surface area contributed by atoms with E-state index in [1.165, 1.54) is 26.0 Å². The Labute approximate surface area is 109 Å². The molecule has 2 aromatic carbocycles. The molecular formula is C14H10BF4. The average Bonchev–Trinajstić information content (AvgIpc) is 2.36. The number of benzene rings is 2. The molecule has 2 aromatic rings. The molecule has 1 radical (unpaired) electrons. The van der Waals surface area contributed by atoms with Crippen LogP contribution in [0.4, 0.5) is 17.6 Å². The highest BCUT2D eigenvalue weighted by Gasteiger charge is 2.16. The lowest BCUT2D eigenvalue weighted by molar-refractivity contribution is 0.582. The minimum atomic E-state index is -0.858. The van der Waals surface area contributed by atoms with Crippen molar-refractivity contribution in [2.24, 2.45) is 0 Å². The molecule has 0 unspecified atom stereocenters. The van der Waals surface area contributed by atoms with E-state index in [-0.39, 0.29) is 22.1 Å². The second-order valence-electron chi connectivity index (χ2n) is 4.36. The van der Waals surface area contributed by atoms with Crippen molar-refractivity contribution >= 4 is 18.2 Å². The van der Waals surface area contributed by atoms with Crippen LogP contribution in [0.15, 0.2) is 24.3 Å². The van der Waals surface area contributed by atoms with Gasteiger partial charge in [-0.05, 0) is 42.0 Å². The first-order valence-corrected chi connectivity index (χ1v) is 5.65. The van der Waals surface area contributed by atoms with E-state index < -0.39 is 23.3 Å². The van der Waals surface area contributed by atoms with E-state index in [9.17, 15) is 17.6 Å². The monoisotopic (exact) mass is 265 g/mol. The zero-order valence-electron chi connectivity index (χ0n) is 10.4. The molecule has 0 saturated heterocycles. The lowest BCUT2D eigenvalue weighted by Crippen LogP contribution is -2.35. The van der Waals surface area contributed by atoms with Crippen molar-refractivity contribution in [1.82, 2.24) is 0 Å². The standard InChI is InChI=1S/C14H10BF4/c1-7-3-4-10(16)13(14(7)19)15-9-5-8(2)11(17)6-12(9)18/h3-6H,1-2H3. The van der Waals surface area contributed by atoms with Crippen LogP contribution in [0.1, 0.15) is 11.1 Å². The lowest BCUT2D eigenvalue weighted by atomic mass is 9.62. The summed E-state index contributed by atoms with van der Waals surface area (Å²) in [6.07, 6.45) is 0. The van der Waals surface area contributed by atoms with Crippen LogP contribution in [-0.4, -0.2) is 7.28 Å². The van der Waals surface area contributed by atoms with Gasteiger partial charge in [-0.1, -0.05) is 12.1 Å². The molecule has 0 spiro atoms. The summed E-state index contributed by atoms with van der Waals surface area (Å²) in [5.41, 5.74) is 0.0835. The first-order valence-electron chi connectivity index (χ1n) is 5.65. The van der Waals surface area contributed by atoms with Crippen molar-refractivity contribution in [1.29, 1.82) is 0 Å². The number of hydrogen-bond acceptors (Lipinski definition) is 0. The number of hydrogen-bond donors (Lipinski definition) is 0. The maximum atomic E-state index is 13.8. The molecule has 0 atom stereocenters. The van der Waals surface area contributed by atoms with Crippen LogP contribution in [0, 0.1) is 37.1 Å². The smallest absolute Gasteiger partial charge is 0.203 e. The molecule has 5 heteroatoms. The van der Waals surface area contributed by atoms with E-state index in [1.54, 1.807) is 0 Å². The van der Waals surface area contributed by atoms with Gasteiger partial charge in [0.2, 0.25) is 7.28 Å². The van der Waals surface area contributed by atoms with Gasteiger partial charge in [-0.15, -0.1) is 0 Å². The van der Waals surface area contributed by atoms with Gasteiger partial charge >= 0.3 is 0 Å². The Morgan fingerprint density at radius 1 is 0.789 bits per heavy atom. The van der Waals surface area contributed by atoms with Crippen molar-refractivity contribution in [3.8, 4) is 0 Å². The van der Waals surface area contributed by atoms with Crippen LogP contribution in [0.5, 0.6) is 0 Å². The van der Waals surface area contributed by atoms with Crippen molar-refractivity contribution in [3.63, 3.8) is 0 Å². The Morgan fingerprint density at radius 3 is 2.16 bits per heavy atom. The van der Waals surface area contributed by atoms with Crippen molar-refractivity contribution in [2.75, 3.05) is 0 Å². The predicted molar refractivity (Wildman–Crippen MR) is 67.2 cm³/mol. The molecule has 0 heterocycles. The molecule has 0 bridgehead atoms. The van der Waals surface area contributed by atoms with E-state index in [0.29, 0.717) is 6.07 Å². The zero-order chi connectivity index (χ0) is 14.2. The fourth-order valence-corrected chi connectivity index (χ4v) is 1.76. The van der Waals surface area contributed by atoms with E-state index >= 15 is 0 Å². The van der Waals surface area contributed by atoms with E-state index in [2.05, 4.69) is 0 Å². The molecule has 0 aliphatic carbocycles. The topological polar surface area (TPSA) is 0 Å². The molecule has 19 heavy (non-hydrogen) atoms. The normalized spacial score (nSPS) is 10.6. The van der Waals surface area contributed by atoms with Crippen LogP contribution in [0.2, 0.25) is 0 Å². The maximum absolute atomic E-state index is 13.8. The van der Waals surface area contributed by atoms with Gasteiger partial charge in [0.15, 0.2) is 0 Å². The Hall–Kier alpha value is -1.78. The molecule has 0 saturated carbocycles. The second-order valence-corrected chi connectivity index (χ2v) is 4.36. The largest absolute Gasteiger partial charge is 0.208 e.